The van der Waals surface area contributed by atoms with Gasteiger partial charge in [-0.25, -0.2) is 4.98 Å². The fourth-order valence-corrected chi connectivity index (χ4v) is 3.47. The Bertz CT molecular complexity index is 510. The highest BCUT2D eigenvalue weighted by Gasteiger charge is 2.15. The van der Waals surface area contributed by atoms with Crippen LogP contribution in [0, 0.1) is 0 Å². The number of nitrogen functional groups attached to an aromatic ring is 1. The van der Waals surface area contributed by atoms with E-state index in [1.807, 2.05) is 5.38 Å². The lowest BCUT2D eigenvalue weighted by atomic mass is 9.84. The SMILES string of the molecule is Nc1csc(-c2ccc(C3CCCCC3)cc2)n1. The summed E-state index contributed by atoms with van der Waals surface area (Å²) in [5.74, 6) is 1.39. The number of hydrogen-bond donors (Lipinski definition) is 1. The van der Waals surface area contributed by atoms with Crippen molar-refractivity contribution < 1.29 is 0 Å². The Morgan fingerprint density at radius 3 is 2.39 bits per heavy atom. The monoisotopic (exact) mass is 258 g/mol. The maximum Gasteiger partial charge on any atom is 0.135 e. The average Bonchev–Trinajstić information content (AvgIpc) is 2.87. The summed E-state index contributed by atoms with van der Waals surface area (Å²) in [6.07, 6.45) is 6.88. The zero-order chi connectivity index (χ0) is 12.4. The van der Waals surface area contributed by atoms with E-state index in [9.17, 15) is 0 Å². The minimum Gasteiger partial charge on any atom is -0.383 e. The summed E-state index contributed by atoms with van der Waals surface area (Å²) in [4.78, 5) is 4.32. The standard InChI is InChI=1S/C15H18N2S/c16-14-10-18-15(17-14)13-8-6-12(7-9-13)11-4-2-1-3-5-11/h6-11H,1-5,16H2. The van der Waals surface area contributed by atoms with Gasteiger partial charge in [0.05, 0.1) is 0 Å². The van der Waals surface area contributed by atoms with Crippen molar-refractivity contribution in [2.24, 2.45) is 0 Å². The number of nitrogens with two attached hydrogens (primary N) is 1. The normalized spacial score (nSPS) is 16.9. The lowest BCUT2D eigenvalue weighted by Crippen LogP contribution is -2.04. The molecular weight excluding hydrogens is 240 g/mol. The van der Waals surface area contributed by atoms with Crippen molar-refractivity contribution in [2.75, 3.05) is 5.73 Å². The average molecular weight is 258 g/mol. The van der Waals surface area contributed by atoms with E-state index in [1.54, 1.807) is 11.3 Å². The fourth-order valence-electron chi connectivity index (χ4n) is 2.75. The van der Waals surface area contributed by atoms with E-state index < -0.39 is 0 Å². The molecule has 1 aliphatic rings. The molecule has 1 aromatic heterocycles. The fraction of sp³-hybridized carbons (Fsp3) is 0.400. The van der Waals surface area contributed by atoms with Crippen molar-refractivity contribution in [3.8, 4) is 10.6 Å². The Hall–Kier alpha value is -1.35. The van der Waals surface area contributed by atoms with Gasteiger partial charge in [0.2, 0.25) is 0 Å². The minimum atomic E-state index is 0.617. The summed E-state index contributed by atoms with van der Waals surface area (Å²) in [6.45, 7) is 0. The topological polar surface area (TPSA) is 38.9 Å². The molecule has 0 bridgehead atoms. The highest BCUT2D eigenvalue weighted by atomic mass is 32.1. The lowest BCUT2D eigenvalue weighted by molar-refractivity contribution is 0.443. The molecule has 2 nitrogen and oxygen atoms in total. The molecule has 0 atom stereocenters. The molecule has 1 fully saturated rings. The van der Waals surface area contributed by atoms with E-state index in [4.69, 9.17) is 5.73 Å². The second kappa shape index (κ2) is 5.11. The van der Waals surface area contributed by atoms with Crippen molar-refractivity contribution in [1.82, 2.24) is 4.98 Å². The zero-order valence-corrected chi connectivity index (χ0v) is 11.2. The molecule has 18 heavy (non-hydrogen) atoms. The summed E-state index contributed by atoms with van der Waals surface area (Å²) >= 11 is 1.61. The third kappa shape index (κ3) is 2.41. The van der Waals surface area contributed by atoms with Crippen LogP contribution in [-0.4, -0.2) is 4.98 Å². The molecule has 3 heteroatoms. The molecule has 94 valence electrons. The third-order valence-corrected chi connectivity index (χ3v) is 4.67. The summed E-state index contributed by atoms with van der Waals surface area (Å²) < 4.78 is 0. The first-order valence-corrected chi connectivity index (χ1v) is 7.52. The molecule has 1 aromatic carbocycles. The number of nitrogens with zero attached hydrogens (tertiary/aromatic N) is 1. The van der Waals surface area contributed by atoms with Gasteiger partial charge >= 0.3 is 0 Å². The molecule has 0 saturated heterocycles. The van der Waals surface area contributed by atoms with Gasteiger partial charge in [0.15, 0.2) is 0 Å². The summed E-state index contributed by atoms with van der Waals surface area (Å²) in [5.41, 5.74) is 8.33. The predicted octanol–water partition coefficient (Wildman–Crippen LogP) is 4.44. The van der Waals surface area contributed by atoms with Gasteiger partial charge in [0.1, 0.15) is 10.8 Å². The second-order valence-electron chi connectivity index (χ2n) is 5.03. The van der Waals surface area contributed by atoms with Crippen LogP contribution in [0.2, 0.25) is 0 Å². The van der Waals surface area contributed by atoms with Crippen LogP contribution in [0.5, 0.6) is 0 Å². The Morgan fingerprint density at radius 2 is 1.78 bits per heavy atom. The van der Waals surface area contributed by atoms with Gasteiger partial charge in [0.25, 0.3) is 0 Å². The molecule has 1 saturated carbocycles. The number of benzene rings is 1. The number of hydrogen-bond acceptors (Lipinski definition) is 3. The van der Waals surface area contributed by atoms with Crippen LogP contribution >= 0.6 is 11.3 Å². The lowest BCUT2D eigenvalue weighted by Gasteiger charge is -2.21. The number of aromatic nitrogens is 1. The van der Waals surface area contributed by atoms with Gasteiger partial charge in [-0.2, -0.15) is 0 Å². The summed E-state index contributed by atoms with van der Waals surface area (Å²) in [6, 6.07) is 8.90. The number of thiazole rings is 1. The highest BCUT2D eigenvalue weighted by molar-refractivity contribution is 7.13. The molecule has 0 aliphatic heterocycles. The number of rotatable bonds is 2. The maximum atomic E-state index is 5.66. The molecule has 2 aromatic rings. The van der Waals surface area contributed by atoms with Gasteiger partial charge in [-0.1, -0.05) is 43.5 Å². The summed E-state index contributed by atoms with van der Waals surface area (Å²) in [7, 11) is 0. The van der Waals surface area contributed by atoms with Crippen molar-refractivity contribution in [1.29, 1.82) is 0 Å². The molecule has 0 spiro atoms. The smallest absolute Gasteiger partial charge is 0.135 e. The van der Waals surface area contributed by atoms with E-state index in [2.05, 4.69) is 29.2 Å². The Morgan fingerprint density at radius 1 is 1.06 bits per heavy atom. The largest absolute Gasteiger partial charge is 0.383 e. The van der Waals surface area contributed by atoms with Gasteiger partial charge in [0, 0.05) is 10.9 Å². The second-order valence-corrected chi connectivity index (χ2v) is 5.89. The third-order valence-electron chi connectivity index (χ3n) is 3.76. The molecule has 3 rings (SSSR count). The van der Waals surface area contributed by atoms with Crippen LogP contribution < -0.4 is 5.73 Å². The van der Waals surface area contributed by atoms with Crippen LogP contribution in [0.3, 0.4) is 0 Å². The predicted molar refractivity (Wildman–Crippen MR) is 77.8 cm³/mol. The van der Waals surface area contributed by atoms with Gasteiger partial charge in [-0.3, -0.25) is 0 Å². The maximum absolute atomic E-state index is 5.66. The van der Waals surface area contributed by atoms with Crippen LogP contribution in [0.15, 0.2) is 29.6 Å². The first-order valence-electron chi connectivity index (χ1n) is 6.64. The molecule has 0 radical (unpaired) electrons. The Kier molecular flexibility index (Phi) is 3.33. The van der Waals surface area contributed by atoms with Gasteiger partial charge in [-0.05, 0) is 24.3 Å². The molecular formula is C15H18N2S. The first kappa shape index (κ1) is 11.7. The van der Waals surface area contributed by atoms with E-state index >= 15 is 0 Å². The van der Waals surface area contributed by atoms with Crippen molar-refractivity contribution in [3.05, 3.63) is 35.2 Å². The quantitative estimate of drug-likeness (QED) is 0.865. The summed E-state index contributed by atoms with van der Waals surface area (Å²) in [5, 5.41) is 2.91. The van der Waals surface area contributed by atoms with Crippen LogP contribution in [0.4, 0.5) is 5.82 Å². The molecule has 0 unspecified atom stereocenters. The van der Waals surface area contributed by atoms with Gasteiger partial charge in [-0.15, -0.1) is 11.3 Å². The number of anilines is 1. The van der Waals surface area contributed by atoms with Crippen molar-refractivity contribution in [3.63, 3.8) is 0 Å². The Labute approximate surface area is 112 Å². The van der Waals surface area contributed by atoms with Gasteiger partial charge < -0.3 is 5.73 Å². The molecule has 2 N–H and O–H groups in total. The van der Waals surface area contributed by atoms with E-state index in [0.717, 1.165) is 10.9 Å². The zero-order valence-electron chi connectivity index (χ0n) is 10.4. The van der Waals surface area contributed by atoms with E-state index in [0.29, 0.717) is 5.82 Å². The molecule has 1 aliphatic carbocycles. The van der Waals surface area contributed by atoms with Crippen molar-refractivity contribution in [2.45, 2.75) is 38.0 Å². The minimum absolute atomic E-state index is 0.617. The highest BCUT2D eigenvalue weighted by Crippen LogP contribution is 2.34. The van der Waals surface area contributed by atoms with Crippen molar-refractivity contribution >= 4 is 17.2 Å². The van der Waals surface area contributed by atoms with Crippen LogP contribution in [-0.2, 0) is 0 Å². The van der Waals surface area contributed by atoms with Crippen LogP contribution in [0.25, 0.3) is 10.6 Å². The van der Waals surface area contributed by atoms with E-state index in [-0.39, 0.29) is 0 Å². The molecule has 0 amide bonds. The Balaban J connectivity index is 1.80. The molecule has 1 heterocycles. The first-order chi connectivity index (χ1) is 8.83. The van der Waals surface area contributed by atoms with Crippen LogP contribution in [0.1, 0.15) is 43.6 Å². The van der Waals surface area contributed by atoms with E-state index in [1.165, 1.54) is 43.2 Å².